The average molecular weight is 273 g/mol. The predicted octanol–water partition coefficient (Wildman–Crippen LogP) is 2.95. The zero-order valence-corrected chi connectivity index (χ0v) is 14.0. The van der Waals surface area contributed by atoms with E-state index in [2.05, 4.69) is 5.32 Å². The normalized spacial score (nSPS) is 12.3. The maximum absolute atomic E-state index is 11.2. The molecule has 0 aliphatic carbocycles. The molecule has 0 unspecified atom stereocenters. The lowest BCUT2D eigenvalue weighted by molar-refractivity contribution is -0.126. The predicted molar refractivity (Wildman–Crippen MR) is 79.1 cm³/mol. The smallest absolute Gasteiger partial charge is 0.207 e. The Bertz CT molecular complexity index is 288. The van der Waals surface area contributed by atoms with Crippen LogP contribution >= 0.6 is 0 Å². The highest BCUT2D eigenvalue weighted by atomic mass is 16.5. The van der Waals surface area contributed by atoms with Crippen molar-refractivity contribution >= 4 is 12.2 Å². The molecule has 0 saturated carbocycles. The number of methoxy groups -OCH3 is 1. The molecule has 4 heteroatoms. The van der Waals surface area contributed by atoms with Crippen molar-refractivity contribution in [3.63, 3.8) is 0 Å². The molecule has 0 fully saturated rings. The van der Waals surface area contributed by atoms with Crippen LogP contribution in [0.2, 0.25) is 0 Å². The summed E-state index contributed by atoms with van der Waals surface area (Å²) in [4.78, 5) is 21.5. The Hall–Kier alpha value is -0.900. The lowest BCUT2D eigenvalue weighted by Crippen LogP contribution is -2.43. The second-order valence-electron chi connectivity index (χ2n) is 7.08. The van der Waals surface area contributed by atoms with Crippen molar-refractivity contribution in [2.24, 2.45) is 5.41 Å². The van der Waals surface area contributed by atoms with Gasteiger partial charge in [0.15, 0.2) is 0 Å². The summed E-state index contributed by atoms with van der Waals surface area (Å²) in [6.45, 7) is 15.2. The van der Waals surface area contributed by atoms with Gasteiger partial charge in [-0.1, -0.05) is 13.8 Å². The SMILES string of the molecule is CC(=O)C(C)(C)CC(C)(C)NC=O.COC(C)(C)C. The van der Waals surface area contributed by atoms with Crippen LogP contribution in [0.5, 0.6) is 0 Å². The van der Waals surface area contributed by atoms with Crippen LogP contribution in [0, 0.1) is 5.41 Å². The van der Waals surface area contributed by atoms with Crippen molar-refractivity contribution in [2.45, 2.75) is 73.0 Å². The molecule has 0 aliphatic heterocycles. The van der Waals surface area contributed by atoms with Crippen molar-refractivity contribution in [3.8, 4) is 0 Å². The minimum atomic E-state index is -0.375. The van der Waals surface area contributed by atoms with E-state index in [0.29, 0.717) is 12.8 Å². The molecule has 0 aromatic rings. The summed E-state index contributed by atoms with van der Waals surface area (Å²) < 4.78 is 4.94. The summed E-state index contributed by atoms with van der Waals surface area (Å²) in [7, 11) is 1.71. The minimum absolute atomic E-state index is 0.0417. The molecule has 1 N–H and O–H groups in total. The monoisotopic (exact) mass is 273 g/mol. The molecule has 0 atom stereocenters. The van der Waals surface area contributed by atoms with Crippen LogP contribution in [0.1, 0.15) is 61.8 Å². The molecule has 0 heterocycles. The fourth-order valence-electron chi connectivity index (χ4n) is 1.44. The Morgan fingerprint density at radius 1 is 1.11 bits per heavy atom. The van der Waals surface area contributed by atoms with E-state index in [4.69, 9.17) is 4.74 Å². The summed E-state index contributed by atoms with van der Waals surface area (Å²) in [6, 6.07) is 0. The van der Waals surface area contributed by atoms with Crippen molar-refractivity contribution in [1.82, 2.24) is 5.32 Å². The number of ether oxygens (including phenoxy) is 1. The molecule has 4 nitrogen and oxygen atoms in total. The Labute approximate surface area is 118 Å². The number of Topliss-reactive ketones (excluding diaryl/α,β-unsaturated/α-hetero) is 1. The fraction of sp³-hybridized carbons (Fsp3) is 0.867. The van der Waals surface area contributed by atoms with Crippen LogP contribution in [0.25, 0.3) is 0 Å². The van der Waals surface area contributed by atoms with Crippen molar-refractivity contribution in [2.75, 3.05) is 7.11 Å². The highest BCUT2D eigenvalue weighted by molar-refractivity contribution is 5.81. The summed E-state index contributed by atoms with van der Waals surface area (Å²) in [5, 5.41) is 2.70. The standard InChI is InChI=1S/C10H19NO2.C5H12O/c1-8(13)9(2,3)6-10(4,5)11-7-12;1-5(2,3)6-4/h7H,6H2,1-5H3,(H,11,12);1-4H3. The number of carbonyl (C=O) groups excluding carboxylic acids is 2. The molecular formula is C15H31NO3. The number of rotatable bonds is 5. The summed E-state index contributed by atoms with van der Waals surface area (Å²) in [6.07, 6.45) is 1.32. The quantitative estimate of drug-likeness (QED) is 0.784. The second kappa shape index (κ2) is 7.63. The lowest BCUT2D eigenvalue weighted by Gasteiger charge is -2.32. The molecule has 0 rings (SSSR count). The maximum Gasteiger partial charge on any atom is 0.207 e. The molecule has 114 valence electrons. The number of amides is 1. The van der Waals surface area contributed by atoms with E-state index in [1.807, 2.05) is 48.5 Å². The lowest BCUT2D eigenvalue weighted by atomic mass is 9.77. The van der Waals surface area contributed by atoms with Gasteiger partial charge in [0.2, 0.25) is 6.41 Å². The Kier molecular flexibility index (Phi) is 8.20. The van der Waals surface area contributed by atoms with Gasteiger partial charge in [0.1, 0.15) is 5.78 Å². The van der Waals surface area contributed by atoms with Crippen LogP contribution in [-0.2, 0) is 14.3 Å². The molecule has 0 bridgehead atoms. The molecule has 0 aromatic carbocycles. The first-order valence-corrected chi connectivity index (χ1v) is 6.55. The van der Waals surface area contributed by atoms with E-state index in [-0.39, 0.29) is 22.3 Å². The van der Waals surface area contributed by atoms with E-state index in [9.17, 15) is 9.59 Å². The summed E-state index contributed by atoms with van der Waals surface area (Å²) in [5.74, 6) is 0.147. The van der Waals surface area contributed by atoms with E-state index in [0.717, 1.165) is 0 Å². The van der Waals surface area contributed by atoms with Crippen molar-refractivity contribution in [1.29, 1.82) is 0 Å². The van der Waals surface area contributed by atoms with Crippen LogP contribution < -0.4 is 5.32 Å². The van der Waals surface area contributed by atoms with Gasteiger partial charge in [-0.05, 0) is 48.0 Å². The summed E-state index contributed by atoms with van der Waals surface area (Å²) in [5.41, 5.74) is -0.656. The van der Waals surface area contributed by atoms with Crippen LogP contribution in [0.4, 0.5) is 0 Å². The van der Waals surface area contributed by atoms with Gasteiger partial charge < -0.3 is 10.1 Å². The number of hydrogen-bond donors (Lipinski definition) is 1. The Morgan fingerprint density at radius 2 is 1.47 bits per heavy atom. The zero-order valence-electron chi connectivity index (χ0n) is 14.0. The topological polar surface area (TPSA) is 55.4 Å². The molecule has 0 aromatic heterocycles. The van der Waals surface area contributed by atoms with Gasteiger partial charge in [-0.15, -0.1) is 0 Å². The number of ketones is 1. The van der Waals surface area contributed by atoms with Gasteiger partial charge in [-0.25, -0.2) is 0 Å². The fourth-order valence-corrected chi connectivity index (χ4v) is 1.44. The molecular weight excluding hydrogens is 242 g/mol. The third kappa shape index (κ3) is 11.9. The van der Waals surface area contributed by atoms with Crippen molar-refractivity contribution < 1.29 is 14.3 Å². The third-order valence-corrected chi connectivity index (χ3v) is 2.90. The molecule has 0 spiro atoms. The molecule has 0 saturated heterocycles. The first kappa shape index (κ1) is 20.4. The van der Waals surface area contributed by atoms with E-state index < -0.39 is 0 Å². The largest absolute Gasteiger partial charge is 0.379 e. The van der Waals surface area contributed by atoms with Gasteiger partial charge in [-0.2, -0.15) is 0 Å². The van der Waals surface area contributed by atoms with E-state index in [1.54, 1.807) is 14.0 Å². The first-order chi connectivity index (χ1) is 8.27. The molecule has 0 radical (unpaired) electrons. The van der Waals surface area contributed by atoms with Gasteiger partial charge in [0.05, 0.1) is 5.60 Å². The van der Waals surface area contributed by atoms with E-state index >= 15 is 0 Å². The summed E-state index contributed by atoms with van der Waals surface area (Å²) >= 11 is 0. The minimum Gasteiger partial charge on any atom is -0.379 e. The number of carbonyl (C=O) groups is 2. The highest BCUT2D eigenvalue weighted by Gasteiger charge is 2.31. The molecule has 19 heavy (non-hydrogen) atoms. The Balaban J connectivity index is 0. The van der Waals surface area contributed by atoms with E-state index in [1.165, 1.54) is 0 Å². The van der Waals surface area contributed by atoms with Gasteiger partial charge in [0, 0.05) is 18.1 Å². The first-order valence-electron chi connectivity index (χ1n) is 6.55. The van der Waals surface area contributed by atoms with Gasteiger partial charge in [-0.3, -0.25) is 9.59 Å². The zero-order chi connectivity index (χ0) is 15.9. The Morgan fingerprint density at radius 3 is 1.68 bits per heavy atom. The third-order valence-electron chi connectivity index (χ3n) is 2.90. The van der Waals surface area contributed by atoms with Gasteiger partial charge >= 0.3 is 0 Å². The second-order valence-corrected chi connectivity index (χ2v) is 7.08. The maximum atomic E-state index is 11.2. The van der Waals surface area contributed by atoms with Crippen LogP contribution in [0.3, 0.4) is 0 Å². The molecule has 0 aliphatic rings. The molecule has 1 amide bonds. The van der Waals surface area contributed by atoms with Crippen LogP contribution in [-0.4, -0.2) is 30.4 Å². The van der Waals surface area contributed by atoms with Crippen LogP contribution in [0.15, 0.2) is 0 Å². The average Bonchev–Trinajstić information content (AvgIpc) is 2.15. The number of nitrogens with one attached hydrogen (secondary N) is 1. The van der Waals surface area contributed by atoms with Gasteiger partial charge in [0.25, 0.3) is 0 Å². The van der Waals surface area contributed by atoms with Crippen molar-refractivity contribution in [3.05, 3.63) is 0 Å². The highest BCUT2D eigenvalue weighted by Crippen LogP contribution is 2.28. The number of hydrogen-bond acceptors (Lipinski definition) is 3.